The summed E-state index contributed by atoms with van der Waals surface area (Å²) in [5.74, 6) is -0.323. The van der Waals surface area contributed by atoms with E-state index < -0.39 is 11.7 Å². The molecule has 2 fully saturated rings. The molecule has 4 rings (SSSR count). The van der Waals surface area contributed by atoms with Gasteiger partial charge >= 0.3 is 12.2 Å². The van der Waals surface area contributed by atoms with Gasteiger partial charge in [-0.15, -0.1) is 0 Å². The molecule has 0 radical (unpaired) electrons. The number of carbonyl (C=O) groups excluding carboxylic acids is 2. The molecule has 6 nitrogen and oxygen atoms in total. The molecule has 152 valence electrons. The maximum Gasteiger partial charge on any atom is 0.416 e. The predicted molar refractivity (Wildman–Crippen MR) is 97.9 cm³/mol. The zero-order valence-corrected chi connectivity index (χ0v) is 15.5. The van der Waals surface area contributed by atoms with Crippen LogP contribution in [0.4, 0.5) is 18.0 Å². The van der Waals surface area contributed by atoms with Gasteiger partial charge in [-0.3, -0.25) is 9.78 Å². The minimum atomic E-state index is -4.44. The molecule has 9 heteroatoms. The lowest BCUT2D eigenvalue weighted by Crippen LogP contribution is -2.53. The van der Waals surface area contributed by atoms with Crippen molar-refractivity contribution in [2.24, 2.45) is 0 Å². The average Bonchev–Trinajstić information content (AvgIpc) is 3.02. The third-order valence-corrected chi connectivity index (χ3v) is 5.27. The van der Waals surface area contributed by atoms with Crippen molar-refractivity contribution in [1.29, 1.82) is 0 Å². The molecule has 0 spiro atoms. The number of rotatable bonds is 3. The number of nitrogens with zero attached hydrogens (tertiary/aromatic N) is 4. The Kier molecular flexibility index (Phi) is 4.89. The van der Waals surface area contributed by atoms with E-state index in [-0.39, 0.29) is 23.5 Å². The fraction of sp³-hybridized carbons (Fsp3) is 0.350. The molecular weight excluding hydrogens is 385 g/mol. The maximum atomic E-state index is 12.7. The monoisotopic (exact) mass is 404 g/mol. The number of hydrogen-bond acceptors (Lipinski definition) is 3. The first-order chi connectivity index (χ1) is 13.8. The molecule has 2 saturated heterocycles. The van der Waals surface area contributed by atoms with Crippen molar-refractivity contribution in [3.05, 3.63) is 65.5 Å². The Hall–Kier alpha value is -3.10. The number of piperazine rings is 1. The molecule has 1 aromatic heterocycles. The van der Waals surface area contributed by atoms with Crippen LogP contribution < -0.4 is 0 Å². The lowest BCUT2D eigenvalue weighted by molar-refractivity contribution is -0.137. The van der Waals surface area contributed by atoms with Crippen LogP contribution in [0.15, 0.2) is 48.8 Å². The Morgan fingerprint density at radius 3 is 2.52 bits per heavy atom. The molecule has 0 N–H and O–H groups in total. The molecular formula is C20H19F3N4O2. The number of benzene rings is 1. The van der Waals surface area contributed by atoms with Gasteiger partial charge in [-0.25, -0.2) is 4.79 Å². The third kappa shape index (κ3) is 3.90. The average molecular weight is 404 g/mol. The summed E-state index contributed by atoms with van der Waals surface area (Å²) >= 11 is 0. The van der Waals surface area contributed by atoms with Gasteiger partial charge in [0.25, 0.3) is 5.91 Å². The van der Waals surface area contributed by atoms with Gasteiger partial charge in [0.2, 0.25) is 0 Å². The molecule has 0 saturated carbocycles. The van der Waals surface area contributed by atoms with Crippen LogP contribution in [-0.4, -0.2) is 63.8 Å². The summed E-state index contributed by atoms with van der Waals surface area (Å²) in [6, 6.07) is 7.74. The van der Waals surface area contributed by atoms with Crippen LogP contribution in [0.25, 0.3) is 0 Å². The number of halogens is 3. The lowest BCUT2D eigenvalue weighted by Gasteiger charge is -2.36. The standard InChI is InChI=1S/C20H19F3N4O2/c21-20(22,23)16-5-3-15(4-6-16)18(28)25-8-9-27-17(12-25)13-26(19(27)29)11-14-2-1-7-24-10-14/h1-7,10,17H,8-9,11-13H2/t17-/m1/s1. The molecule has 3 heterocycles. The Morgan fingerprint density at radius 1 is 1.10 bits per heavy atom. The second kappa shape index (κ2) is 7.38. The highest BCUT2D eigenvalue weighted by Gasteiger charge is 2.41. The van der Waals surface area contributed by atoms with Crippen LogP contribution in [0.1, 0.15) is 21.5 Å². The Balaban J connectivity index is 1.42. The van der Waals surface area contributed by atoms with Gasteiger partial charge in [-0.05, 0) is 35.9 Å². The molecule has 0 bridgehead atoms. The third-order valence-electron chi connectivity index (χ3n) is 5.27. The normalized spacial score (nSPS) is 19.5. The van der Waals surface area contributed by atoms with E-state index in [0.717, 1.165) is 17.7 Å². The second-order valence-corrected chi connectivity index (χ2v) is 7.20. The van der Waals surface area contributed by atoms with E-state index in [9.17, 15) is 22.8 Å². The predicted octanol–water partition coefficient (Wildman–Crippen LogP) is 2.86. The number of hydrogen-bond donors (Lipinski definition) is 0. The number of carbonyl (C=O) groups is 2. The van der Waals surface area contributed by atoms with E-state index in [4.69, 9.17) is 0 Å². The van der Waals surface area contributed by atoms with E-state index in [1.54, 1.807) is 27.1 Å². The fourth-order valence-corrected chi connectivity index (χ4v) is 3.79. The maximum absolute atomic E-state index is 12.7. The Labute approximate surface area is 165 Å². The summed E-state index contributed by atoms with van der Waals surface area (Å²) in [4.78, 5) is 34.5. The SMILES string of the molecule is O=C(c1ccc(C(F)(F)F)cc1)N1CCN2C(=O)N(Cc3cccnc3)C[C@H]2C1. The molecule has 1 atom stereocenters. The topological polar surface area (TPSA) is 56.8 Å². The number of alkyl halides is 3. The van der Waals surface area contributed by atoms with Crippen LogP contribution >= 0.6 is 0 Å². The lowest BCUT2D eigenvalue weighted by atomic mass is 10.1. The summed E-state index contributed by atoms with van der Waals surface area (Å²) in [7, 11) is 0. The minimum absolute atomic E-state index is 0.0690. The second-order valence-electron chi connectivity index (χ2n) is 7.20. The number of pyridine rings is 1. The van der Waals surface area contributed by atoms with Crippen LogP contribution in [-0.2, 0) is 12.7 Å². The largest absolute Gasteiger partial charge is 0.416 e. The van der Waals surface area contributed by atoms with Gasteiger partial charge in [0, 0.05) is 50.7 Å². The molecule has 2 aliphatic heterocycles. The van der Waals surface area contributed by atoms with Crippen molar-refractivity contribution in [3.63, 3.8) is 0 Å². The van der Waals surface area contributed by atoms with Crippen LogP contribution in [0.5, 0.6) is 0 Å². The van der Waals surface area contributed by atoms with Gasteiger partial charge in [-0.2, -0.15) is 13.2 Å². The van der Waals surface area contributed by atoms with Gasteiger partial charge < -0.3 is 14.7 Å². The van der Waals surface area contributed by atoms with Gasteiger partial charge in [0.1, 0.15) is 0 Å². The number of urea groups is 1. The quantitative estimate of drug-likeness (QED) is 0.791. The summed E-state index contributed by atoms with van der Waals surface area (Å²) in [5.41, 5.74) is 0.354. The van der Waals surface area contributed by atoms with Gasteiger partial charge in [0.15, 0.2) is 0 Å². The molecule has 0 unspecified atom stereocenters. The number of aromatic nitrogens is 1. The molecule has 3 amide bonds. The molecule has 29 heavy (non-hydrogen) atoms. The van der Waals surface area contributed by atoms with E-state index in [2.05, 4.69) is 4.98 Å². The first-order valence-electron chi connectivity index (χ1n) is 9.24. The highest BCUT2D eigenvalue weighted by molar-refractivity contribution is 5.94. The van der Waals surface area contributed by atoms with Crippen molar-refractivity contribution in [1.82, 2.24) is 19.7 Å². The van der Waals surface area contributed by atoms with Crippen molar-refractivity contribution < 1.29 is 22.8 Å². The molecule has 0 aliphatic carbocycles. The molecule has 2 aromatic rings. The van der Waals surface area contributed by atoms with Crippen molar-refractivity contribution >= 4 is 11.9 Å². The van der Waals surface area contributed by atoms with E-state index in [1.807, 2.05) is 12.1 Å². The fourth-order valence-electron chi connectivity index (χ4n) is 3.79. The Morgan fingerprint density at radius 2 is 1.86 bits per heavy atom. The Bertz CT molecular complexity index is 902. The first-order valence-corrected chi connectivity index (χ1v) is 9.24. The van der Waals surface area contributed by atoms with Crippen molar-refractivity contribution in [2.45, 2.75) is 18.8 Å². The zero-order chi connectivity index (χ0) is 20.6. The summed E-state index contributed by atoms with van der Waals surface area (Å²) in [6.45, 7) is 2.05. The summed E-state index contributed by atoms with van der Waals surface area (Å²) in [5, 5.41) is 0. The van der Waals surface area contributed by atoms with Crippen molar-refractivity contribution in [3.8, 4) is 0 Å². The van der Waals surface area contributed by atoms with Gasteiger partial charge in [-0.1, -0.05) is 6.07 Å². The first kappa shape index (κ1) is 19.2. The van der Waals surface area contributed by atoms with Crippen LogP contribution in [0, 0.1) is 0 Å². The smallest absolute Gasteiger partial charge is 0.335 e. The summed E-state index contributed by atoms with van der Waals surface area (Å²) < 4.78 is 38.1. The molecule has 2 aliphatic rings. The van der Waals surface area contributed by atoms with Crippen LogP contribution in [0.2, 0.25) is 0 Å². The van der Waals surface area contributed by atoms with E-state index in [1.165, 1.54) is 12.1 Å². The van der Waals surface area contributed by atoms with Crippen molar-refractivity contribution in [2.75, 3.05) is 26.2 Å². The van der Waals surface area contributed by atoms with E-state index in [0.29, 0.717) is 32.7 Å². The van der Waals surface area contributed by atoms with Crippen LogP contribution in [0.3, 0.4) is 0 Å². The number of fused-ring (bicyclic) bond motifs is 1. The minimum Gasteiger partial charge on any atom is -0.335 e. The molecule has 1 aromatic carbocycles. The number of amides is 3. The highest BCUT2D eigenvalue weighted by atomic mass is 19.4. The highest BCUT2D eigenvalue weighted by Crippen LogP contribution is 2.29. The zero-order valence-electron chi connectivity index (χ0n) is 15.5. The van der Waals surface area contributed by atoms with Gasteiger partial charge in [0.05, 0.1) is 11.6 Å². The van der Waals surface area contributed by atoms with E-state index >= 15 is 0 Å². The summed E-state index contributed by atoms with van der Waals surface area (Å²) in [6.07, 6.45) is -1.05.